The maximum absolute atomic E-state index is 12.8. The van der Waals surface area contributed by atoms with E-state index >= 15 is 0 Å². The number of hydrogen-bond donors (Lipinski definition) is 1. The molecule has 1 saturated heterocycles. The van der Waals surface area contributed by atoms with E-state index in [0.29, 0.717) is 11.8 Å². The maximum atomic E-state index is 12.8. The molecule has 4 heteroatoms. The maximum Gasteiger partial charge on any atom is 0.225 e. The standard InChI is InChI=1S/C20H28N2O.ClH/c23-19(16-6-2-1-3-7-16)22-12-10-20(11-13-22)15-21-14-17-8-4-5-9-18(17)20;/h4-5,8-9,16,21H,1-3,6-7,10-15H2;1H. The second-order valence-corrected chi connectivity index (χ2v) is 7.70. The summed E-state index contributed by atoms with van der Waals surface area (Å²) in [5.41, 5.74) is 3.23. The number of piperidine rings is 1. The number of benzene rings is 1. The number of carbonyl (C=O) groups excluding carboxylic acids is 1. The lowest BCUT2D eigenvalue weighted by atomic mass is 9.69. The molecule has 0 aromatic heterocycles. The summed E-state index contributed by atoms with van der Waals surface area (Å²) in [4.78, 5) is 14.9. The summed E-state index contributed by atoms with van der Waals surface area (Å²) in [6, 6.07) is 8.88. The monoisotopic (exact) mass is 348 g/mol. The van der Waals surface area contributed by atoms with Gasteiger partial charge in [-0.3, -0.25) is 4.79 Å². The van der Waals surface area contributed by atoms with Gasteiger partial charge in [-0.25, -0.2) is 0 Å². The molecule has 1 aliphatic carbocycles. The largest absolute Gasteiger partial charge is 0.342 e. The SMILES string of the molecule is Cl.O=C(C1CCCCC1)N1CCC2(CC1)CNCc1ccccc12. The number of carbonyl (C=O) groups is 1. The molecule has 132 valence electrons. The van der Waals surface area contributed by atoms with Crippen LogP contribution < -0.4 is 5.32 Å². The Kier molecular flexibility index (Phi) is 5.51. The molecule has 3 nitrogen and oxygen atoms in total. The molecule has 1 aromatic carbocycles. The van der Waals surface area contributed by atoms with Gasteiger partial charge in [-0.1, -0.05) is 43.5 Å². The molecule has 0 bridgehead atoms. The Morgan fingerprint density at radius 2 is 1.79 bits per heavy atom. The summed E-state index contributed by atoms with van der Waals surface area (Å²) >= 11 is 0. The smallest absolute Gasteiger partial charge is 0.225 e. The van der Waals surface area contributed by atoms with Crippen LogP contribution in [0.25, 0.3) is 0 Å². The summed E-state index contributed by atoms with van der Waals surface area (Å²) < 4.78 is 0. The highest BCUT2D eigenvalue weighted by molar-refractivity contribution is 5.85. The van der Waals surface area contributed by atoms with Crippen LogP contribution in [0.3, 0.4) is 0 Å². The molecule has 2 aliphatic heterocycles. The topological polar surface area (TPSA) is 32.3 Å². The van der Waals surface area contributed by atoms with E-state index in [-0.39, 0.29) is 17.8 Å². The van der Waals surface area contributed by atoms with Gasteiger partial charge in [0.25, 0.3) is 0 Å². The second kappa shape index (κ2) is 7.45. The highest BCUT2D eigenvalue weighted by Crippen LogP contribution is 2.39. The molecule has 1 amide bonds. The van der Waals surface area contributed by atoms with Crippen LogP contribution in [0.15, 0.2) is 24.3 Å². The van der Waals surface area contributed by atoms with Gasteiger partial charge in [0.2, 0.25) is 5.91 Å². The zero-order valence-corrected chi connectivity index (χ0v) is 15.2. The summed E-state index contributed by atoms with van der Waals surface area (Å²) in [5.74, 6) is 0.756. The van der Waals surface area contributed by atoms with Crippen molar-refractivity contribution >= 4 is 18.3 Å². The fourth-order valence-electron chi connectivity index (χ4n) is 4.93. The number of rotatable bonds is 1. The quantitative estimate of drug-likeness (QED) is 0.840. The lowest BCUT2D eigenvalue weighted by Gasteiger charge is -2.46. The molecule has 1 spiro atoms. The number of likely N-dealkylation sites (tertiary alicyclic amines) is 1. The van der Waals surface area contributed by atoms with Gasteiger partial charge in [0.05, 0.1) is 0 Å². The molecule has 0 radical (unpaired) electrons. The first-order valence-electron chi connectivity index (χ1n) is 9.36. The molecule has 2 fully saturated rings. The van der Waals surface area contributed by atoms with Crippen molar-refractivity contribution in [3.05, 3.63) is 35.4 Å². The van der Waals surface area contributed by atoms with Crippen LogP contribution in [0.5, 0.6) is 0 Å². The number of nitrogens with zero attached hydrogens (tertiary/aromatic N) is 1. The third kappa shape index (κ3) is 3.21. The Hall–Kier alpha value is -1.06. The number of amides is 1. The van der Waals surface area contributed by atoms with E-state index in [1.807, 2.05) is 0 Å². The van der Waals surface area contributed by atoms with E-state index < -0.39 is 0 Å². The van der Waals surface area contributed by atoms with Gasteiger partial charge in [-0.05, 0) is 36.8 Å². The van der Waals surface area contributed by atoms with Gasteiger partial charge in [0.15, 0.2) is 0 Å². The van der Waals surface area contributed by atoms with Gasteiger partial charge in [-0.15, -0.1) is 12.4 Å². The van der Waals surface area contributed by atoms with Crippen molar-refractivity contribution in [2.75, 3.05) is 19.6 Å². The minimum atomic E-state index is 0. The Balaban J connectivity index is 0.00000169. The first kappa shape index (κ1) is 17.8. The molecule has 3 aliphatic rings. The second-order valence-electron chi connectivity index (χ2n) is 7.70. The highest BCUT2D eigenvalue weighted by Gasteiger charge is 2.41. The third-order valence-electron chi connectivity index (χ3n) is 6.35. The van der Waals surface area contributed by atoms with Crippen molar-refractivity contribution in [1.29, 1.82) is 0 Å². The zero-order valence-electron chi connectivity index (χ0n) is 14.4. The summed E-state index contributed by atoms with van der Waals surface area (Å²) in [6.07, 6.45) is 8.24. The number of fused-ring (bicyclic) bond motifs is 2. The van der Waals surface area contributed by atoms with E-state index in [9.17, 15) is 4.79 Å². The van der Waals surface area contributed by atoms with Crippen LogP contribution in [0.1, 0.15) is 56.1 Å². The molecule has 0 unspecified atom stereocenters. The molecular formula is C20H29ClN2O. The number of halogens is 1. The predicted octanol–water partition coefficient (Wildman–Crippen LogP) is 3.65. The normalized spacial score (nSPS) is 23.4. The first-order valence-corrected chi connectivity index (χ1v) is 9.36. The third-order valence-corrected chi connectivity index (χ3v) is 6.35. The minimum Gasteiger partial charge on any atom is -0.342 e. The van der Waals surface area contributed by atoms with Crippen molar-refractivity contribution in [3.63, 3.8) is 0 Å². The van der Waals surface area contributed by atoms with Gasteiger partial charge in [0.1, 0.15) is 0 Å². The minimum absolute atomic E-state index is 0. The zero-order chi connectivity index (χ0) is 15.7. The highest BCUT2D eigenvalue weighted by atomic mass is 35.5. The molecular weight excluding hydrogens is 320 g/mol. The Bertz CT molecular complexity index is 575. The fraction of sp³-hybridized carbons (Fsp3) is 0.650. The molecule has 1 aromatic rings. The predicted molar refractivity (Wildman–Crippen MR) is 99.5 cm³/mol. The van der Waals surface area contributed by atoms with Crippen molar-refractivity contribution in [1.82, 2.24) is 10.2 Å². The molecule has 24 heavy (non-hydrogen) atoms. The Morgan fingerprint density at radius 1 is 1.08 bits per heavy atom. The van der Waals surface area contributed by atoms with E-state index in [1.54, 1.807) is 0 Å². The lowest BCUT2D eigenvalue weighted by Crippen LogP contribution is -2.52. The fourth-order valence-corrected chi connectivity index (χ4v) is 4.93. The van der Waals surface area contributed by atoms with Crippen LogP contribution in [-0.2, 0) is 16.8 Å². The average molecular weight is 349 g/mol. The molecule has 0 atom stereocenters. The number of hydrogen-bond acceptors (Lipinski definition) is 2. The van der Waals surface area contributed by atoms with Gasteiger partial charge >= 0.3 is 0 Å². The Labute approximate surface area is 151 Å². The van der Waals surface area contributed by atoms with Crippen molar-refractivity contribution in [3.8, 4) is 0 Å². The van der Waals surface area contributed by atoms with Gasteiger partial charge < -0.3 is 10.2 Å². The van der Waals surface area contributed by atoms with Crippen LogP contribution in [0, 0.1) is 5.92 Å². The number of nitrogens with one attached hydrogen (secondary N) is 1. The van der Waals surface area contributed by atoms with E-state index in [0.717, 1.165) is 51.9 Å². The summed E-state index contributed by atoms with van der Waals surface area (Å²) in [6.45, 7) is 3.93. The van der Waals surface area contributed by atoms with Crippen LogP contribution in [0.2, 0.25) is 0 Å². The van der Waals surface area contributed by atoms with Crippen LogP contribution >= 0.6 is 12.4 Å². The lowest BCUT2D eigenvalue weighted by molar-refractivity contribution is -0.138. The summed E-state index contributed by atoms with van der Waals surface area (Å²) in [5, 5.41) is 3.61. The van der Waals surface area contributed by atoms with Crippen LogP contribution in [0.4, 0.5) is 0 Å². The van der Waals surface area contributed by atoms with Crippen molar-refractivity contribution < 1.29 is 4.79 Å². The summed E-state index contributed by atoms with van der Waals surface area (Å²) in [7, 11) is 0. The van der Waals surface area contributed by atoms with Gasteiger partial charge in [0, 0.05) is 37.5 Å². The Morgan fingerprint density at radius 3 is 2.54 bits per heavy atom. The average Bonchev–Trinajstić information content (AvgIpc) is 2.63. The molecule has 1 N–H and O–H groups in total. The molecule has 4 rings (SSSR count). The van der Waals surface area contributed by atoms with Crippen LogP contribution in [-0.4, -0.2) is 30.4 Å². The van der Waals surface area contributed by atoms with E-state index in [4.69, 9.17) is 0 Å². The molecule has 2 heterocycles. The van der Waals surface area contributed by atoms with E-state index in [2.05, 4.69) is 34.5 Å². The first-order chi connectivity index (χ1) is 11.3. The molecule has 1 saturated carbocycles. The van der Waals surface area contributed by atoms with Gasteiger partial charge in [-0.2, -0.15) is 0 Å². The van der Waals surface area contributed by atoms with Crippen molar-refractivity contribution in [2.45, 2.75) is 56.9 Å². The van der Waals surface area contributed by atoms with E-state index in [1.165, 1.54) is 30.4 Å². The van der Waals surface area contributed by atoms with Crippen molar-refractivity contribution in [2.24, 2.45) is 5.92 Å².